The first-order chi connectivity index (χ1) is 16.0. The van der Waals surface area contributed by atoms with Crippen LogP contribution in [0.2, 0.25) is 0 Å². The maximum atomic E-state index is 12.5. The van der Waals surface area contributed by atoms with Crippen molar-refractivity contribution in [3.05, 3.63) is 69.7 Å². The van der Waals surface area contributed by atoms with E-state index in [0.29, 0.717) is 11.3 Å². The molecule has 1 heterocycles. The Morgan fingerprint density at radius 2 is 1.79 bits per heavy atom. The van der Waals surface area contributed by atoms with E-state index in [0.717, 1.165) is 10.0 Å². The molecule has 2 aromatic carbocycles. The lowest BCUT2D eigenvalue weighted by Gasteiger charge is -2.31. The Hall–Kier alpha value is -2.71. The minimum atomic E-state index is -1.75. The molecule has 2 aromatic rings. The highest BCUT2D eigenvalue weighted by molar-refractivity contribution is 9.10. The first-order valence-electron chi connectivity index (χ1n) is 11.1. The smallest absolute Gasteiger partial charge is 0.354 e. The Morgan fingerprint density at radius 3 is 2.35 bits per heavy atom. The molecule has 1 N–H and O–H groups in total. The van der Waals surface area contributed by atoms with Gasteiger partial charge in [0.2, 0.25) is 0 Å². The summed E-state index contributed by atoms with van der Waals surface area (Å²) in [7, 11) is 1.31. The number of halogens is 1. The number of benzene rings is 2. The summed E-state index contributed by atoms with van der Waals surface area (Å²) in [6.45, 7) is 6.64. The maximum Gasteiger partial charge on any atom is 0.354 e. The molecule has 34 heavy (non-hydrogen) atoms. The van der Waals surface area contributed by atoms with Crippen LogP contribution in [0.4, 0.5) is 0 Å². The lowest BCUT2D eigenvalue weighted by Crippen LogP contribution is -2.46. The Labute approximate surface area is 208 Å². The van der Waals surface area contributed by atoms with Crippen LogP contribution in [0, 0.1) is 0 Å². The fraction of sp³-hybridized carbons (Fsp3) is 0.423. The first kappa shape index (κ1) is 25.9. The van der Waals surface area contributed by atoms with Gasteiger partial charge in [0, 0.05) is 10.9 Å². The molecule has 2 atom stereocenters. The highest BCUT2D eigenvalue weighted by Crippen LogP contribution is 2.41. The van der Waals surface area contributed by atoms with Crippen LogP contribution in [0.25, 0.3) is 0 Å². The number of carboxylic acid groups (broad SMARTS) is 1. The molecular formula is C26H30BrNO6. The summed E-state index contributed by atoms with van der Waals surface area (Å²) >= 11 is 3.41. The molecule has 1 aliphatic rings. The molecule has 0 amide bonds. The van der Waals surface area contributed by atoms with Gasteiger partial charge in [-0.15, -0.1) is 0 Å². The normalized spacial score (nSPS) is 18.7. The van der Waals surface area contributed by atoms with Crippen molar-refractivity contribution >= 4 is 33.6 Å². The van der Waals surface area contributed by atoms with Gasteiger partial charge in [0.1, 0.15) is 6.10 Å². The Morgan fingerprint density at radius 1 is 1.15 bits per heavy atom. The van der Waals surface area contributed by atoms with Gasteiger partial charge >= 0.3 is 11.9 Å². The van der Waals surface area contributed by atoms with Crippen molar-refractivity contribution in [2.45, 2.75) is 63.8 Å². The van der Waals surface area contributed by atoms with Crippen molar-refractivity contribution < 1.29 is 29.0 Å². The summed E-state index contributed by atoms with van der Waals surface area (Å²) in [4.78, 5) is 29.6. The number of carbonyl (C=O) groups excluding carboxylic acids is 1. The predicted octanol–water partition coefficient (Wildman–Crippen LogP) is 5.56. The largest absolute Gasteiger partial charge is 0.478 e. The molecular weight excluding hydrogens is 502 g/mol. The molecule has 2 unspecified atom stereocenters. The van der Waals surface area contributed by atoms with Gasteiger partial charge in [0.25, 0.3) is 5.60 Å². The van der Waals surface area contributed by atoms with Gasteiger partial charge < -0.3 is 19.4 Å². The standard InChI is InChI=1S/C26H30BrNO6/c1-25(2,3)19-9-5-17(6-10-19)16-33-23(18-7-11-20(27)12-8-18)26(24(30)31)15-21(28-34-26)13-14-22(29)32-4/h5-12,23H,13-16H2,1-4H3,(H,30,31). The summed E-state index contributed by atoms with van der Waals surface area (Å²) in [6.07, 6.45) is -0.579. The zero-order valence-electron chi connectivity index (χ0n) is 19.8. The fourth-order valence-electron chi connectivity index (χ4n) is 3.78. The van der Waals surface area contributed by atoms with E-state index in [1.54, 1.807) is 12.1 Å². The van der Waals surface area contributed by atoms with E-state index in [9.17, 15) is 14.7 Å². The second-order valence-electron chi connectivity index (χ2n) is 9.39. The lowest BCUT2D eigenvalue weighted by atomic mass is 9.85. The number of oxime groups is 1. The maximum absolute atomic E-state index is 12.5. The molecule has 182 valence electrons. The van der Waals surface area contributed by atoms with Crippen molar-refractivity contribution in [1.82, 2.24) is 0 Å². The van der Waals surface area contributed by atoms with Crippen LogP contribution in [0.15, 0.2) is 58.2 Å². The van der Waals surface area contributed by atoms with Gasteiger partial charge in [-0.25, -0.2) is 4.79 Å². The number of aliphatic carboxylic acids is 1. The monoisotopic (exact) mass is 531 g/mol. The molecule has 8 heteroatoms. The molecule has 0 saturated carbocycles. The number of nitrogens with zero attached hydrogens (tertiary/aromatic N) is 1. The van der Waals surface area contributed by atoms with Crippen LogP contribution in [-0.4, -0.2) is 35.5 Å². The van der Waals surface area contributed by atoms with Gasteiger partial charge in [-0.05, 0) is 40.7 Å². The third-order valence-electron chi connectivity index (χ3n) is 5.84. The van der Waals surface area contributed by atoms with Crippen LogP contribution < -0.4 is 0 Å². The zero-order chi connectivity index (χ0) is 24.9. The number of methoxy groups -OCH3 is 1. The van der Waals surface area contributed by atoms with Gasteiger partial charge in [-0.1, -0.05) is 78.3 Å². The molecule has 0 aliphatic carbocycles. The number of esters is 1. The highest BCUT2D eigenvalue weighted by Gasteiger charge is 2.54. The quantitative estimate of drug-likeness (QED) is 0.425. The van der Waals surface area contributed by atoms with E-state index in [-0.39, 0.29) is 31.3 Å². The lowest BCUT2D eigenvalue weighted by molar-refractivity contribution is -0.187. The van der Waals surface area contributed by atoms with Crippen LogP contribution in [-0.2, 0) is 35.9 Å². The molecule has 0 aromatic heterocycles. The van der Waals surface area contributed by atoms with Crippen molar-refractivity contribution in [3.8, 4) is 0 Å². The number of carboxylic acids is 1. The van der Waals surface area contributed by atoms with Crippen molar-refractivity contribution in [1.29, 1.82) is 0 Å². The van der Waals surface area contributed by atoms with Crippen LogP contribution in [0.3, 0.4) is 0 Å². The Balaban J connectivity index is 1.85. The van der Waals surface area contributed by atoms with Gasteiger partial charge in [0.15, 0.2) is 0 Å². The fourth-order valence-corrected chi connectivity index (χ4v) is 4.05. The van der Waals surface area contributed by atoms with Gasteiger partial charge in [0.05, 0.1) is 25.8 Å². The molecule has 3 rings (SSSR count). The van der Waals surface area contributed by atoms with Crippen LogP contribution in [0.5, 0.6) is 0 Å². The number of hydrogen-bond donors (Lipinski definition) is 1. The molecule has 7 nitrogen and oxygen atoms in total. The molecule has 1 aliphatic heterocycles. The van der Waals surface area contributed by atoms with Gasteiger partial charge in [-0.2, -0.15) is 0 Å². The summed E-state index contributed by atoms with van der Waals surface area (Å²) in [5, 5.41) is 14.2. The SMILES string of the molecule is COC(=O)CCC1=NOC(C(=O)O)(C(OCc2ccc(C(C)(C)C)cc2)c2ccc(Br)cc2)C1. The van der Waals surface area contributed by atoms with E-state index >= 15 is 0 Å². The predicted molar refractivity (Wildman–Crippen MR) is 132 cm³/mol. The molecule has 0 spiro atoms. The van der Waals surface area contributed by atoms with Crippen molar-refractivity contribution in [2.24, 2.45) is 5.16 Å². The third kappa shape index (κ3) is 6.04. The minimum Gasteiger partial charge on any atom is -0.478 e. The average Bonchev–Trinajstić information content (AvgIpc) is 3.24. The molecule has 0 radical (unpaired) electrons. The van der Waals surface area contributed by atoms with E-state index in [2.05, 4.69) is 58.7 Å². The Bertz CT molecular complexity index is 1040. The summed E-state index contributed by atoms with van der Waals surface area (Å²) in [6, 6.07) is 15.3. The summed E-state index contributed by atoms with van der Waals surface area (Å²) in [5.74, 6) is -1.57. The van der Waals surface area contributed by atoms with E-state index < -0.39 is 23.6 Å². The second kappa shape index (κ2) is 10.7. The third-order valence-corrected chi connectivity index (χ3v) is 6.37. The molecule has 0 fully saturated rings. The second-order valence-corrected chi connectivity index (χ2v) is 10.3. The van der Waals surface area contributed by atoms with E-state index in [1.807, 2.05) is 24.3 Å². The number of hydrogen-bond acceptors (Lipinski definition) is 6. The van der Waals surface area contributed by atoms with Crippen molar-refractivity contribution in [2.75, 3.05) is 7.11 Å². The number of carbonyl (C=O) groups is 2. The minimum absolute atomic E-state index is 0.00300. The highest BCUT2D eigenvalue weighted by atomic mass is 79.9. The first-order valence-corrected chi connectivity index (χ1v) is 11.8. The average molecular weight is 532 g/mol. The summed E-state index contributed by atoms with van der Waals surface area (Å²) < 4.78 is 11.8. The van der Waals surface area contributed by atoms with Crippen LogP contribution in [0.1, 0.15) is 62.8 Å². The number of rotatable bonds is 9. The molecule has 0 bridgehead atoms. The molecule has 0 saturated heterocycles. The topological polar surface area (TPSA) is 94.4 Å². The van der Waals surface area contributed by atoms with E-state index in [4.69, 9.17) is 9.57 Å². The van der Waals surface area contributed by atoms with Crippen molar-refractivity contribution in [3.63, 3.8) is 0 Å². The summed E-state index contributed by atoms with van der Waals surface area (Å²) in [5.41, 5.74) is 1.54. The van der Waals surface area contributed by atoms with E-state index in [1.165, 1.54) is 12.7 Å². The number of ether oxygens (including phenoxy) is 2. The Kier molecular flexibility index (Phi) is 8.15. The van der Waals surface area contributed by atoms with Gasteiger partial charge in [-0.3, -0.25) is 4.79 Å². The zero-order valence-corrected chi connectivity index (χ0v) is 21.4. The van der Waals surface area contributed by atoms with Crippen LogP contribution >= 0.6 is 15.9 Å².